The van der Waals surface area contributed by atoms with Crippen LogP contribution in [0.1, 0.15) is 35.3 Å². The molecule has 0 bridgehead atoms. The molecule has 0 atom stereocenters. The Balaban J connectivity index is 0.000000921. The fourth-order valence-electron chi connectivity index (χ4n) is 1.63. The van der Waals surface area contributed by atoms with E-state index in [4.69, 9.17) is 0 Å². The number of rotatable bonds is 2. The summed E-state index contributed by atoms with van der Waals surface area (Å²) in [6.45, 7) is 14.0. The molecule has 112 valence electrons. The molecule has 0 aliphatic rings. The molecule has 2 rings (SSSR count). The molecule has 2 aromatic rings. The van der Waals surface area contributed by atoms with Gasteiger partial charge in [0.05, 0.1) is 0 Å². The summed E-state index contributed by atoms with van der Waals surface area (Å²) in [5.41, 5.74) is 3.79. The van der Waals surface area contributed by atoms with Gasteiger partial charge in [0.15, 0.2) is 0 Å². The van der Waals surface area contributed by atoms with Gasteiger partial charge >= 0.3 is 0 Å². The lowest BCUT2D eigenvalue weighted by atomic mass is 10.1. The Morgan fingerprint density at radius 3 is 2.00 bits per heavy atom. The van der Waals surface area contributed by atoms with Crippen molar-refractivity contribution in [3.8, 4) is 0 Å². The molecule has 0 aliphatic carbocycles. The van der Waals surface area contributed by atoms with Crippen molar-refractivity contribution < 1.29 is 4.79 Å². The van der Waals surface area contributed by atoms with Crippen LogP contribution >= 0.6 is 0 Å². The third-order valence-electron chi connectivity index (χ3n) is 2.59. The maximum Gasteiger partial charge on any atom is 0.255 e. The van der Waals surface area contributed by atoms with Gasteiger partial charge in [-0.05, 0) is 43.7 Å². The van der Waals surface area contributed by atoms with Crippen molar-refractivity contribution in [2.24, 2.45) is 0 Å². The lowest BCUT2D eigenvalue weighted by Crippen LogP contribution is -2.11. The van der Waals surface area contributed by atoms with Crippen molar-refractivity contribution in [2.45, 2.75) is 27.7 Å². The average Bonchev–Trinajstić information content (AvgIpc) is 2.52. The van der Waals surface area contributed by atoms with Gasteiger partial charge in [0.25, 0.3) is 5.91 Å². The second-order valence-electron chi connectivity index (χ2n) is 4.19. The Hall–Kier alpha value is -2.35. The molecule has 0 aromatic heterocycles. The van der Waals surface area contributed by atoms with Gasteiger partial charge < -0.3 is 5.32 Å². The number of carbonyl (C=O) groups excluding carboxylic acids is 1. The van der Waals surface area contributed by atoms with Crippen LogP contribution in [0.4, 0.5) is 5.69 Å². The van der Waals surface area contributed by atoms with E-state index >= 15 is 0 Å². The van der Waals surface area contributed by atoms with Crippen molar-refractivity contribution in [1.29, 1.82) is 0 Å². The Labute approximate surface area is 128 Å². The molecule has 0 spiro atoms. The molecule has 2 heteroatoms. The molecule has 0 saturated heterocycles. The van der Waals surface area contributed by atoms with Crippen LogP contribution in [0.15, 0.2) is 61.7 Å². The molecule has 1 amide bonds. The van der Waals surface area contributed by atoms with E-state index in [1.165, 1.54) is 0 Å². The van der Waals surface area contributed by atoms with E-state index in [1.54, 1.807) is 0 Å². The fraction of sp³-hybridized carbons (Fsp3) is 0.211. The Bertz CT molecular complexity index is 544. The predicted octanol–water partition coefficient (Wildman–Crippen LogP) is 5.38. The Morgan fingerprint density at radius 1 is 0.905 bits per heavy atom. The number of amides is 1. The van der Waals surface area contributed by atoms with Crippen molar-refractivity contribution >= 4 is 11.6 Å². The Morgan fingerprint density at radius 2 is 1.48 bits per heavy atom. The quantitative estimate of drug-likeness (QED) is 0.736. The molecule has 0 radical (unpaired) electrons. The maximum absolute atomic E-state index is 11.9. The highest BCUT2D eigenvalue weighted by molar-refractivity contribution is 6.04. The molecule has 0 saturated carbocycles. The molecular weight excluding hydrogens is 258 g/mol. The topological polar surface area (TPSA) is 29.1 Å². The number of benzene rings is 2. The van der Waals surface area contributed by atoms with Crippen LogP contribution in [-0.4, -0.2) is 5.91 Å². The monoisotopic (exact) mass is 283 g/mol. The standard InChI is InChI=1S/C15H15NO.C2H6.C2H4/c1-11-6-8-13(9-7-11)15(17)16-14-5-3-4-12(2)10-14;2*1-2/h3-10H,1-2H3,(H,16,17);1-2H3;1-2H2. The number of anilines is 1. The van der Waals surface area contributed by atoms with Gasteiger partial charge in [0, 0.05) is 11.3 Å². The molecule has 0 heterocycles. The smallest absolute Gasteiger partial charge is 0.255 e. The van der Waals surface area contributed by atoms with Gasteiger partial charge in [-0.1, -0.05) is 43.7 Å². The van der Waals surface area contributed by atoms with Gasteiger partial charge in [0.1, 0.15) is 0 Å². The minimum absolute atomic E-state index is 0.0735. The van der Waals surface area contributed by atoms with E-state index < -0.39 is 0 Å². The van der Waals surface area contributed by atoms with Crippen LogP contribution in [0.5, 0.6) is 0 Å². The van der Waals surface area contributed by atoms with Crippen LogP contribution in [0, 0.1) is 13.8 Å². The third kappa shape index (κ3) is 6.57. The molecule has 1 N–H and O–H groups in total. The second kappa shape index (κ2) is 10.4. The molecule has 21 heavy (non-hydrogen) atoms. The first-order valence-electron chi connectivity index (χ1n) is 7.10. The van der Waals surface area contributed by atoms with Crippen LogP contribution in [-0.2, 0) is 0 Å². The number of carbonyl (C=O) groups is 1. The van der Waals surface area contributed by atoms with E-state index in [0.717, 1.165) is 16.8 Å². The molecule has 0 fully saturated rings. The van der Waals surface area contributed by atoms with Crippen LogP contribution < -0.4 is 5.32 Å². The first-order chi connectivity index (χ1) is 10.1. The highest BCUT2D eigenvalue weighted by Crippen LogP contribution is 2.12. The van der Waals surface area contributed by atoms with Crippen LogP contribution in [0.2, 0.25) is 0 Å². The highest BCUT2D eigenvalue weighted by Gasteiger charge is 2.05. The molecule has 2 aromatic carbocycles. The minimum atomic E-state index is -0.0735. The first kappa shape index (κ1) is 18.6. The van der Waals surface area contributed by atoms with Gasteiger partial charge in [-0.3, -0.25) is 4.79 Å². The number of hydrogen-bond acceptors (Lipinski definition) is 1. The van der Waals surface area contributed by atoms with E-state index in [-0.39, 0.29) is 5.91 Å². The van der Waals surface area contributed by atoms with Gasteiger partial charge in [-0.25, -0.2) is 0 Å². The Kier molecular flexibility index (Phi) is 9.27. The average molecular weight is 283 g/mol. The normalized spacial score (nSPS) is 8.57. The lowest BCUT2D eigenvalue weighted by molar-refractivity contribution is 0.102. The number of aryl methyl sites for hydroxylation is 2. The predicted molar refractivity (Wildman–Crippen MR) is 92.9 cm³/mol. The van der Waals surface area contributed by atoms with E-state index in [9.17, 15) is 4.79 Å². The zero-order chi connectivity index (χ0) is 16.3. The summed E-state index contributed by atoms with van der Waals surface area (Å²) < 4.78 is 0. The summed E-state index contributed by atoms with van der Waals surface area (Å²) in [7, 11) is 0. The zero-order valence-electron chi connectivity index (χ0n) is 13.4. The third-order valence-corrected chi connectivity index (χ3v) is 2.59. The minimum Gasteiger partial charge on any atom is -0.322 e. The van der Waals surface area contributed by atoms with Crippen molar-refractivity contribution in [3.63, 3.8) is 0 Å². The van der Waals surface area contributed by atoms with Gasteiger partial charge in [0.2, 0.25) is 0 Å². The first-order valence-corrected chi connectivity index (χ1v) is 7.10. The SMILES string of the molecule is C=C.CC.Cc1ccc(C(=O)Nc2cccc(C)c2)cc1. The largest absolute Gasteiger partial charge is 0.322 e. The summed E-state index contributed by atoms with van der Waals surface area (Å²) in [6.07, 6.45) is 0. The summed E-state index contributed by atoms with van der Waals surface area (Å²) in [5, 5.41) is 2.88. The molecular formula is C19H25NO. The second-order valence-corrected chi connectivity index (χ2v) is 4.19. The lowest BCUT2D eigenvalue weighted by Gasteiger charge is -2.06. The van der Waals surface area contributed by atoms with E-state index in [1.807, 2.05) is 76.2 Å². The van der Waals surface area contributed by atoms with Crippen molar-refractivity contribution in [3.05, 3.63) is 78.4 Å². The number of nitrogens with one attached hydrogen (secondary N) is 1. The summed E-state index contributed by atoms with van der Waals surface area (Å²) >= 11 is 0. The number of hydrogen-bond donors (Lipinski definition) is 1. The van der Waals surface area contributed by atoms with Crippen molar-refractivity contribution in [1.82, 2.24) is 0 Å². The van der Waals surface area contributed by atoms with E-state index in [0.29, 0.717) is 5.56 Å². The van der Waals surface area contributed by atoms with Gasteiger partial charge in [-0.15, -0.1) is 13.2 Å². The van der Waals surface area contributed by atoms with Crippen LogP contribution in [0.25, 0.3) is 0 Å². The summed E-state index contributed by atoms with van der Waals surface area (Å²) in [5.74, 6) is -0.0735. The molecule has 2 nitrogen and oxygen atoms in total. The van der Waals surface area contributed by atoms with Crippen LogP contribution in [0.3, 0.4) is 0 Å². The fourth-order valence-corrected chi connectivity index (χ4v) is 1.63. The zero-order valence-corrected chi connectivity index (χ0v) is 13.4. The van der Waals surface area contributed by atoms with Gasteiger partial charge in [-0.2, -0.15) is 0 Å². The van der Waals surface area contributed by atoms with E-state index in [2.05, 4.69) is 18.5 Å². The summed E-state index contributed by atoms with van der Waals surface area (Å²) in [4.78, 5) is 11.9. The van der Waals surface area contributed by atoms with Crippen molar-refractivity contribution in [2.75, 3.05) is 5.32 Å². The summed E-state index contributed by atoms with van der Waals surface area (Å²) in [6, 6.07) is 15.3. The molecule has 0 aliphatic heterocycles. The molecule has 0 unspecified atom stereocenters. The highest BCUT2D eigenvalue weighted by atomic mass is 16.1. The maximum atomic E-state index is 11.9.